The summed E-state index contributed by atoms with van der Waals surface area (Å²) in [4.78, 5) is 0. The first-order chi connectivity index (χ1) is 6.35. The summed E-state index contributed by atoms with van der Waals surface area (Å²) >= 11 is 0. The summed E-state index contributed by atoms with van der Waals surface area (Å²) in [5.74, 6) is 0. The van der Waals surface area contributed by atoms with Gasteiger partial charge >= 0.3 is 0 Å². The van der Waals surface area contributed by atoms with Crippen molar-refractivity contribution in [3.63, 3.8) is 0 Å². The second-order valence-electron chi connectivity index (χ2n) is 3.54. The van der Waals surface area contributed by atoms with Crippen molar-refractivity contribution in [2.45, 2.75) is 65.2 Å². The minimum Gasteiger partial charge on any atom is -0.411 e. The van der Waals surface area contributed by atoms with Crippen molar-refractivity contribution in [2.24, 2.45) is 5.16 Å². The van der Waals surface area contributed by atoms with E-state index in [1.807, 2.05) is 6.92 Å². The Labute approximate surface area is 82.0 Å². The average molecular weight is 185 g/mol. The molecular weight excluding hydrogens is 162 g/mol. The van der Waals surface area contributed by atoms with Crippen LogP contribution in [0.2, 0.25) is 0 Å². The van der Waals surface area contributed by atoms with Crippen molar-refractivity contribution in [1.29, 1.82) is 0 Å². The molecule has 0 bridgehead atoms. The second kappa shape index (κ2) is 9.56. The van der Waals surface area contributed by atoms with E-state index in [0.717, 1.165) is 18.6 Å². The molecule has 0 unspecified atom stereocenters. The molecule has 0 aromatic heterocycles. The van der Waals surface area contributed by atoms with Crippen LogP contribution in [0, 0.1) is 0 Å². The predicted molar refractivity (Wildman–Crippen MR) is 57.5 cm³/mol. The van der Waals surface area contributed by atoms with Crippen LogP contribution in [0.25, 0.3) is 0 Å². The quantitative estimate of drug-likeness (QED) is 0.264. The van der Waals surface area contributed by atoms with Gasteiger partial charge in [-0.05, 0) is 19.3 Å². The Balaban J connectivity index is 3.15. The number of hydrogen-bond donors (Lipinski definition) is 1. The van der Waals surface area contributed by atoms with E-state index in [9.17, 15) is 0 Å². The molecule has 0 saturated carbocycles. The van der Waals surface area contributed by atoms with Crippen LogP contribution >= 0.6 is 0 Å². The van der Waals surface area contributed by atoms with E-state index in [2.05, 4.69) is 12.1 Å². The molecule has 2 heteroatoms. The van der Waals surface area contributed by atoms with Gasteiger partial charge in [0.25, 0.3) is 0 Å². The fourth-order valence-corrected chi connectivity index (χ4v) is 1.41. The van der Waals surface area contributed by atoms with Gasteiger partial charge in [0, 0.05) is 0 Å². The van der Waals surface area contributed by atoms with Crippen LogP contribution in [0.3, 0.4) is 0 Å². The molecular formula is C11H23NO. The molecule has 0 aliphatic rings. The summed E-state index contributed by atoms with van der Waals surface area (Å²) < 4.78 is 0. The molecule has 0 spiro atoms. The molecule has 13 heavy (non-hydrogen) atoms. The molecule has 0 aliphatic carbocycles. The van der Waals surface area contributed by atoms with Crippen molar-refractivity contribution < 1.29 is 5.21 Å². The van der Waals surface area contributed by atoms with Crippen LogP contribution in [-0.4, -0.2) is 10.9 Å². The normalized spacial score (nSPS) is 12.0. The Kier molecular flexibility index (Phi) is 9.17. The Morgan fingerprint density at radius 3 is 2.15 bits per heavy atom. The van der Waals surface area contributed by atoms with Crippen LogP contribution in [0.15, 0.2) is 5.16 Å². The minimum atomic E-state index is 0.880. The lowest BCUT2D eigenvalue weighted by Gasteiger charge is -2.01. The Bertz CT molecular complexity index is 132. The summed E-state index contributed by atoms with van der Waals surface area (Å²) in [5.41, 5.74) is 0.940. The van der Waals surface area contributed by atoms with E-state index < -0.39 is 0 Å². The second-order valence-corrected chi connectivity index (χ2v) is 3.54. The first kappa shape index (κ1) is 12.5. The molecule has 0 amide bonds. The Morgan fingerprint density at radius 1 is 1.00 bits per heavy atom. The lowest BCUT2D eigenvalue weighted by molar-refractivity contribution is 0.316. The molecule has 0 aliphatic heterocycles. The van der Waals surface area contributed by atoms with Gasteiger partial charge in [-0.2, -0.15) is 0 Å². The Morgan fingerprint density at radius 2 is 1.62 bits per heavy atom. The van der Waals surface area contributed by atoms with Crippen molar-refractivity contribution in [3.05, 3.63) is 0 Å². The van der Waals surface area contributed by atoms with Crippen molar-refractivity contribution in [1.82, 2.24) is 0 Å². The summed E-state index contributed by atoms with van der Waals surface area (Å²) in [6.07, 6.45) is 9.65. The van der Waals surface area contributed by atoms with Gasteiger partial charge in [-0.15, -0.1) is 0 Å². The zero-order valence-corrected chi connectivity index (χ0v) is 9.05. The van der Waals surface area contributed by atoms with E-state index in [1.165, 1.54) is 38.5 Å². The zero-order valence-electron chi connectivity index (χ0n) is 9.05. The number of oxime groups is 1. The van der Waals surface area contributed by atoms with E-state index in [-0.39, 0.29) is 0 Å². The van der Waals surface area contributed by atoms with Gasteiger partial charge in [0.05, 0.1) is 5.71 Å². The molecule has 0 saturated heterocycles. The van der Waals surface area contributed by atoms with Crippen molar-refractivity contribution in [3.8, 4) is 0 Å². The van der Waals surface area contributed by atoms with Crippen LogP contribution < -0.4 is 0 Å². The third-order valence-electron chi connectivity index (χ3n) is 2.37. The maximum absolute atomic E-state index is 8.55. The highest BCUT2D eigenvalue weighted by atomic mass is 16.4. The van der Waals surface area contributed by atoms with Gasteiger partial charge in [-0.3, -0.25) is 0 Å². The monoisotopic (exact) mass is 185 g/mol. The Hall–Kier alpha value is -0.530. The SMILES string of the molecule is CCCCCCCC/C(CC)=N/O. The molecule has 0 fully saturated rings. The molecule has 0 aromatic rings. The predicted octanol–water partition coefficient (Wildman–Crippen LogP) is 3.98. The highest BCUT2D eigenvalue weighted by Crippen LogP contribution is 2.08. The number of hydrogen-bond acceptors (Lipinski definition) is 2. The first-order valence-corrected chi connectivity index (χ1v) is 5.54. The fraction of sp³-hybridized carbons (Fsp3) is 0.909. The number of nitrogens with zero attached hydrogens (tertiary/aromatic N) is 1. The number of rotatable bonds is 8. The standard InChI is InChI=1S/C11H23NO/c1-3-5-6-7-8-9-10-11(4-2)12-13/h13H,3-10H2,1-2H3/b12-11+. The maximum Gasteiger partial charge on any atom is 0.0568 e. The van der Waals surface area contributed by atoms with Crippen LogP contribution in [-0.2, 0) is 0 Å². The van der Waals surface area contributed by atoms with Gasteiger partial charge in [0.15, 0.2) is 0 Å². The maximum atomic E-state index is 8.55. The van der Waals surface area contributed by atoms with Gasteiger partial charge in [-0.25, -0.2) is 0 Å². The molecule has 0 atom stereocenters. The molecule has 78 valence electrons. The largest absolute Gasteiger partial charge is 0.411 e. The molecule has 1 N–H and O–H groups in total. The highest BCUT2D eigenvalue weighted by molar-refractivity contribution is 5.83. The van der Waals surface area contributed by atoms with E-state index in [1.54, 1.807) is 0 Å². The molecule has 0 heterocycles. The summed E-state index contributed by atoms with van der Waals surface area (Å²) in [6.45, 7) is 4.26. The van der Waals surface area contributed by atoms with E-state index in [0.29, 0.717) is 0 Å². The molecule has 0 aromatic carbocycles. The third-order valence-corrected chi connectivity index (χ3v) is 2.37. The van der Waals surface area contributed by atoms with Gasteiger partial charge in [0.2, 0.25) is 0 Å². The third kappa shape index (κ3) is 7.82. The molecule has 2 nitrogen and oxygen atoms in total. The summed E-state index contributed by atoms with van der Waals surface area (Å²) in [7, 11) is 0. The van der Waals surface area contributed by atoms with Gasteiger partial charge in [0.1, 0.15) is 0 Å². The van der Waals surface area contributed by atoms with Crippen molar-refractivity contribution in [2.75, 3.05) is 0 Å². The highest BCUT2D eigenvalue weighted by Gasteiger charge is 1.96. The van der Waals surface area contributed by atoms with Crippen LogP contribution in [0.4, 0.5) is 0 Å². The first-order valence-electron chi connectivity index (χ1n) is 5.54. The number of unbranched alkanes of at least 4 members (excludes halogenated alkanes) is 5. The minimum absolute atomic E-state index is 0.880. The zero-order chi connectivity index (χ0) is 9.94. The molecule has 0 rings (SSSR count). The van der Waals surface area contributed by atoms with Crippen LogP contribution in [0.1, 0.15) is 65.2 Å². The van der Waals surface area contributed by atoms with Crippen molar-refractivity contribution >= 4 is 5.71 Å². The summed E-state index contributed by atoms with van der Waals surface area (Å²) in [5, 5.41) is 11.8. The lowest BCUT2D eigenvalue weighted by Crippen LogP contribution is -1.95. The lowest BCUT2D eigenvalue weighted by atomic mass is 10.1. The van der Waals surface area contributed by atoms with Crippen LogP contribution in [0.5, 0.6) is 0 Å². The smallest absolute Gasteiger partial charge is 0.0568 e. The van der Waals surface area contributed by atoms with Gasteiger partial charge < -0.3 is 5.21 Å². The van der Waals surface area contributed by atoms with E-state index >= 15 is 0 Å². The summed E-state index contributed by atoms with van der Waals surface area (Å²) in [6, 6.07) is 0. The molecule has 0 radical (unpaired) electrons. The van der Waals surface area contributed by atoms with E-state index in [4.69, 9.17) is 5.21 Å². The topological polar surface area (TPSA) is 32.6 Å². The fourth-order valence-electron chi connectivity index (χ4n) is 1.41. The average Bonchev–Trinajstić information content (AvgIpc) is 2.17. The van der Waals surface area contributed by atoms with Gasteiger partial charge in [-0.1, -0.05) is 51.1 Å².